The molecule has 1 saturated carbocycles. The monoisotopic (exact) mass is 242 g/mol. The molecule has 1 aliphatic carbocycles. The Labute approximate surface area is 103 Å². The average Bonchev–Trinajstić information content (AvgIpc) is 2.19. The molecule has 92 valence electrons. The van der Waals surface area contributed by atoms with Gasteiger partial charge in [0.2, 0.25) is 5.91 Å². The van der Waals surface area contributed by atoms with Gasteiger partial charge in [-0.25, -0.2) is 0 Å². The molecule has 4 heteroatoms. The zero-order valence-corrected chi connectivity index (χ0v) is 11.2. The van der Waals surface area contributed by atoms with Gasteiger partial charge in [-0.05, 0) is 25.2 Å². The van der Waals surface area contributed by atoms with E-state index in [4.69, 9.17) is 18.0 Å². The zero-order valence-electron chi connectivity index (χ0n) is 10.4. The van der Waals surface area contributed by atoms with E-state index in [1.54, 1.807) is 6.92 Å². The number of nitrogens with two attached hydrogens (primary N) is 1. The number of carbonyl (C=O) groups excluding carboxylic acids is 1. The van der Waals surface area contributed by atoms with Crippen LogP contribution in [0.25, 0.3) is 0 Å². The lowest BCUT2D eigenvalue weighted by Crippen LogP contribution is -2.49. The van der Waals surface area contributed by atoms with Crippen LogP contribution in [0.5, 0.6) is 0 Å². The summed E-state index contributed by atoms with van der Waals surface area (Å²) in [6.07, 6.45) is 4.67. The molecule has 0 saturated heterocycles. The van der Waals surface area contributed by atoms with Crippen LogP contribution in [-0.4, -0.2) is 16.9 Å². The van der Waals surface area contributed by atoms with Gasteiger partial charge in [-0.15, -0.1) is 0 Å². The number of hydrogen-bond acceptors (Lipinski definition) is 2. The van der Waals surface area contributed by atoms with Gasteiger partial charge < -0.3 is 11.1 Å². The summed E-state index contributed by atoms with van der Waals surface area (Å²) in [5, 5.41) is 3.08. The van der Waals surface area contributed by atoms with E-state index < -0.39 is 0 Å². The van der Waals surface area contributed by atoms with Gasteiger partial charge in [0.15, 0.2) is 0 Å². The van der Waals surface area contributed by atoms with Crippen LogP contribution >= 0.6 is 12.2 Å². The molecule has 0 radical (unpaired) electrons. The van der Waals surface area contributed by atoms with E-state index in [9.17, 15) is 4.79 Å². The second-order valence-corrected chi connectivity index (χ2v) is 5.89. The van der Waals surface area contributed by atoms with Crippen molar-refractivity contribution in [3.63, 3.8) is 0 Å². The summed E-state index contributed by atoms with van der Waals surface area (Å²) in [7, 11) is 0. The molecule has 0 spiro atoms. The predicted octanol–water partition coefficient (Wildman–Crippen LogP) is 1.99. The third kappa shape index (κ3) is 3.17. The maximum atomic E-state index is 11.9. The Kier molecular flexibility index (Phi) is 4.30. The molecule has 1 amide bonds. The van der Waals surface area contributed by atoms with Gasteiger partial charge in [-0.3, -0.25) is 4.79 Å². The van der Waals surface area contributed by atoms with Crippen LogP contribution in [0, 0.1) is 11.3 Å². The number of nitrogens with one attached hydrogen (secondary N) is 1. The fraction of sp³-hybridized carbons (Fsp3) is 0.833. The third-order valence-electron chi connectivity index (χ3n) is 3.64. The van der Waals surface area contributed by atoms with E-state index in [2.05, 4.69) is 19.2 Å². The lowest BCUT2D eigenvalue weighted by Gasteiger charge is -2.39. The van der Waals surface area contributed by atoms with E-state index in [0.29, 0.717) is 0 Å². The molecule has 0 bridgehead atoms. The second kappa shape index (κ2) is 5.13. The first-order valence-corrected chi connectivity index (χ1v) is 6.35. The second-order valence-electron chi connectivity index (χ2n) is 5.42. The third-order valence-corrected chi connectivity index (χ3v) is 4.00. The van der Waals surface area contributed by atoms with Crippen LogP contribution < -0.4 is 11.1 Å². The van der Waals surface area contributed by atoms with Crippen molar-refractivity contribution in [2.45, 2.75) is 52.5 Å². The van der Waals surface area contributed by atoms with Gasteiger partial charge >= 0.3 is 0 Å². The van der Waals surface area contributed by atoms with Crippen molar-refractivity contribution in [3.05, 3.63) is 0 Å². The Balaban J connectivity index is 2.59. The molecule has 3 nitrogen and oxygen atoms in total. The molecule has 0 aromatic heterocycles. The summed E-state index contributed by atoms with van der Waals surface area (Å²) in [6, 6.07) is 0.255. The summed E-state index contributed by atoms with van der Waals surface area (Å²) in [6.45, 7) is 6.18. The Hall–Kier alpha value is -0.640. The van der Waals surface area contributed by atoms with E-state index in [1.807, 2.05) is 0 Å². The highest BCUT2D eigenvalue weighted by molar-refractivity contribution is 7.80. The van der Waals surface area contributed by atoms with E-state index in [1.165, 1.54) is 19.3 Å². The van der Waals surface area contributed by atoms with Crippen LogP contribution in [0.4, 0.5) is 0 Å². The summed E-state index contributed by atoms with van der Waals surface area (Å²) in [5.74, 6) is -0.403. The van der Waals surface area contributed by atoms with Gasteiger partial charge in [0.05, 0.1) is 10.9 Å². The summed E-state index contributed by atoms with van der Waals surface area (Å²) in [5.41, 5.74) is 5.66. The van der Waals surface area contributed by atoms with Crippen molar-refractivity contribution < 1.29 is 4.79 Å². The number of amides is 1. The van der Waals surface area contributed by atoms with Crippen molar-refractivity contribution in [1.82, 2.24) is 5.32 Å². The molecule has 2 atom stereocenters. The summed E-state index contributed by atoms with van der Waals surface area (Å²) < 4.78 is 0. The summed E-state index contributed by atoms with van der Waals surface area (Å²) >= 11 is 4.84. The van der Waals surface area contributed by atoms with E-state index >= 15 is 0 Å². The van der Waals surface area contributed by atoms with Crippen LogP contribution in [0.3, 0.4) is 0 Å². The molecule has 0 aromatic rings. The quantitative estimate of drug-likeness (QED) is 0.744. The Morgan fingerprint density at radius 1 is 1.50 bits per heavy atom. The maximum Gasteiger partial charge on any atom is 0.229 e. The lowest BCUT2D eigenvalue weighted by molar-refractivity contribution is -0.124. The minimum absolute atomic E-state index is 0.0347. The molecule has 1 rings (SSSR count). The lowest BCUT2D eigenvalue weighted by atomic mass is 9.73. The molecule has 3 N–H and O–H groups in total. The molecule has 1 fully saturated rings. The first-order valence-electron chi connectivity index (χ1n) is 5.94. The van der Waals surface area contributed by atoms with Crippen LogP contribution in [0.15, 0.2) is 0 Å². The average molecular weight is 242 g/mol. The summed E-state index contributed by atoms with van der Waals surface area (Å²) in [4.78, 5) is 12.1. The Bertz CT molecular complexity index is 289. The highest BCUT2D eigenvalue weighted by Crippen LogP contribution is 2.35. The van der Waals surface area contributed by atoms with Gasteiger partial charge in [-0.1, -0.05) is 38.9 Å². The van der Waals surface area contributed by atoms with Gasteiger partial charge in [0, 0.05) is 6.04 Å². The minimum atomic E-state index is -0.368. The molecule has 2 unspecified atom stereocenters. The fourth-order valence-corrected chi connectivity index (χ4v) is 2.29. The smallest absolute Gasteiger partial charge is 0.229 e. The van der Waals surface area contributed by atoms with Crippen LogP contribution in [0.1, 0.15) is 46.5 Å². The normalized spacial score (nSPS) is 25.8. The van der Waals surface area contributed by atoms with Gasteiger partial charge in [-0.2, -0.15) is 0 Å². The van der Waals surface area contributed by atoms with Crippen molar-refractivity contribution >= 4 is 23.1 Å². The molecule has 0 aromatic carbocycles. The number of thiocarbonyl (C=S) groups is 1. The highest BCUT2D eigenvalue weighted by atomic mass is 32.1. The SMILES string of the molecule is CC(C(=O)NC1CCCCC1(C)C)C(N)=S. The number of hydrogen-bond donors (Lipinski definition) is 2. The topological polar surface area (TPSA) is 55.1 Å². The predicted molar refractivity (Wildman–Crippen MR) is 70.1 cm³/mol. The highest BCUT2D eigenvalue weighted by Gasteiger charge is 2.34. The molecule has 1 aliphatic rings. The molecule has 0 heterocycles. The zero-order chi connectivity index (χ0) is 12.3. The first-order chi connectivity index (χ1) is 7.34. The van der Waals surface area contributed by atoms with E-state index in [-0.39, 0.29) is 28.3 Å². The fourth-order valence-electron chi connectivity index (χ4n) is 2.19. The number of rotatable bonds is 3. The Morgan fingerprint density at radius 3 is 2.62 bits per heavy atom. The molecular formula is C12H22N2OS. The Morgan fingerprint density at radius 2 is 2.12 bits per heavy atom. The minimum Gasteiger partial charge on any atom is -0.393 e. The van der Waals surface area contributed by atoms with Gasteiger partial charge in [0.1, 0.15) is 0 Å². The van der Waals surface area contributed by atoms with Gasteiger partial charge in [0.25, 0.3) is 0 Å². The molecule has 16 heavy (non-hydrogen) atoms. The van der Waals surface area contributed by atoms with Crippen molar-refractivity contribution in [1.29, 1.82) is 0 Å². The van der Waals surface area contributed by atoms with E-state index in [0.717, 1.165) is 6.42 Å². The van der Waals surface area contributed by atoms with Crippen molar-refractivity contribution in [2.24, 2.45) is 17.1 Å². The molecular weight excluding hydrogens is 220 g/mol. The standard InChI is InChI=1S/C12H22N2OS/c1-8(10(13)16)11(15)14-9-6-4-5-7-12(9,2)3/h8-9H,4-7H2,1-3H3,(H2,13,16)(H,14,15). The van der Waals surface area contributed by atoms with Crippen molar-refractivity contribution in [2.75, 3.05) is 0 Å². The first kappa shape index (κ1) is 13.4. The van der Waals surface area contributed by atoms with Crippen LogP contribution in [-0.2, 0) is 4.79 Å². The number of carbonyl (C=O) groups is 1. The maximum absolute atomic E-state index is 11.9. The van der Waals surface area contributed by atoms with Crippen molar-refractivity contribution in [3.8, 4) is 0 Å². The van der Waals surface area contributed by atoms with Crippen LogP contribution in [0.2, 0.25) is 0 Å². The molecule has 0 aliphatic heterocycles. The largest absolute Gasteiger partial charge is 0.393 e.